The number of hydrogen-bond donors (Lipinski definition) is 1. The average Bonchev–Trinajstić information content (AvgIpc) is 2.94. The van der Waals surface area contributed by atoms with Gasteiger partial charge in [0.05, 0.1) is 11.6 Å². The summed E-state index contributed by atoms with van der Waals surface area (Å²) in [6.45, 7) is 3.84. The van der Waals surface area contributed by atoms with Gasteiger partial charge in [0.2, 0.25) is 11.8 Å². The molecule has 2 aliphatic rings. The molecule has 1 N–H and O–H groups in total. The van der Waals surface area contributed by atoms with Crippen LogP contribution in [0.3, 0.4) is 0 Å². The Morgan fingerprint density at radius 3 is 2.90 bits per heavy atom. The second kappa shape index (κ2) is 5.76. The third kappa shape index (κ3) is 3.01. The van der Waals surface area contributed by atoms with Crippen molar-refractivity contribution in [2.24, 2.45) is 5.92 Å². The van der Waals surface area contributed by atoms with Crippen LogP contribution in [0.2, 0.25) is 0 Å². The Bertz CT molecular complexity index is 565. The molecule has 2 amide bonds. The molecule has 1 atom stereocenters. The fraction of sp³-hybridized carbons (Fsp3) is 0.500. The van der Waals surface area contributed by atoms with E-state index in [1.807, 2.05) is 30.0 Å². The zero-order valence-corrected chi connectivity index (χ0v) is 12.2. The fourth-order valence-electron chi connectivity index (χ4n) is 2.83. The lowest BCUT2D eigenvalue weighted by Crippen LogP contribution is -2.34. The van der Waals surface area contributed by atoms with Crippen LogP contribution in [-0.2, 0) is 9.59 Å². The zero-order valence-electron chi connectivity index (χ0n) is 12.2. The Kier molecular flexibility index (Phi) is 3.82. The number of ether oxygens (including phenoxy) is 1. The number of amides is 2. The minimum atomic E-state index is -0.425. The molecule has 112 valence electrons. The van der Waals surface area contributed by atoms with Crippen molar-refractivity contribution in [2.75, 3.05) is 25.0 Å². The first-order valence-corrected chi connectivity index (χ1v) is 7.45. The van der Waals surface area contributed by atoms with E-state index >= 15 is 0 Å². The first-order valence-electron chi connectivity index (χ1n) is 7.45. The van der Waals surface area contributed by atoms with E-state index in [2.05, 4.69) is 5.32 Å². The lowest BCUT2D eigenvalue weighted by molar-refractivity contribution is -0.134. The molecule has 0 saturated carbocycles. The van der Waals surface area contributed by atoms with E-state index in [0.29, 0.717) is 11.4 Å². The van der Waals surface area contributed by atoms with E-state index in [-0.39, 0.29) is 24.8 Å². The van der Waals surface area contributed by atoms with Crippen molar-refractivity contribution in [2.45, 2.75) is 26.2 Å². The quantitative estimate of drug-likeness (QED) is 0.905. The molecule has 0 aromatic heterocycles. The van der Waals surface area contributed by atoms with Crippen LogP contribution in [0.25, 0.3) is 0 Å². The summed E-state index contributed by atoms with van der Waals surface area (Å²) in [5.74, 6) is 0.168. The highest BCUT2D eigenvalue weighted by Gasteiger charge is 2.29. The normalized spacial score (nSPS) is 21.3. The van der Waals surface area contributed by atoms with Crippen molar-refractivity contribution in [1.29, 1.82) is 0 Å². The van der Waals surface area contributed by atoms with Gasteiger partial charge in [-0.25, -0.2) is 0 Å². The predicted octanol–water partition coefficient (Wildman–Crippen LogP) is 1.95. The number of rotatable bonds is 2. The predicted molar refractivity (Wildman–Crippen MR) is 79.2 cm³/mol. The van der Waals surface area contributed by atoms with Gasteiger partial charge in [0.1, 0.15) is 12.4 Å². The third-order valence-electron chi connectivity index (χ3n) is 4.08. The number of aryl methyl sites for hydroxylation is 1. The molecule has 1 aromatic carbocycles. The number of hydrogen-bond acceptors (Lipinski definition) is 3. The first kappa shape index (κ1) is 13.9. The number of carbonyl (C=O) groups is 2. The third-order valence-corrected chi connectivity index (χ3v) is 4.08. The molecule has 1 aromatic rings. The standard InChI is InChI=1S/C16H20N2O3/c1-11-4-5-14-13(8-11)17-16(20)12(10-21-14)9-15(19)18-6-2-3-7-18/h4-5,8,12H,2-3,6-7,9-10H2,1H3,(H,17,20). The second-order valence-electron chi connectivity index (χ2n) is 5.79. The van der Waals surface area contributed by atoms with Crippen molar-refractivity contribution in [1.82, 2.24) is 4.90 Å². The maximum atomic E-state index is 12.3. The van der Waals surface area contributed by atoms with E-state index < -0.39 is 5.92 Å². The van der Waals surface area contributed by atoms with Gasteiger partial charge in [-0.1, -0.05) is 6.07 Å². The van der Waals surface area contributed by atoms with Crippen LogP contribution < -0.4 is 10.1 Å². The van der Waals surface area contributed by atoms with Gasteiger partial charge in [-0.05, 0) is 37.5 Å². The van der Waals surface area contributed by atoms with Crippen molar-refractivity contribution < 1.29 is 14.3 Å². The van der Waals surface area contributed by atoms with E-state index in [1.165, 1.54) is 0 Å². The SMILES string of the molecule is Cc1ccc2c(c1)NC(=O)C(CC(=O)N1CCCC1)CO2. The highest BCUT2D eigenvalue weighted by atomic mass is 16.5. The molecule has 21 heavy (non-hydrogen) atoms. The molecule has 5 nitrogen and oxygen atoms in total. The monoisotopic (exact) mass is 288 g/mol. The Morgan fingerprint density at radius 2 is 2.14 bits per heavy atom. The van der Waals surface area contributed by atoms with Gasteiger partial charge in [0, 0.05) is 19.5 Å². The van der Waals surface area contributed by atoms with Gasteiger partial charge in [0.15, 0.2) is 0 Å². The van der Waals surface area contributed by atoms with Crippen molar-refractivity contribution in [3.8, 4) is 5.75 Å². The maximum Gasteiger partial charge on any atom is 0.231 e. The Morgan fingerprint density at radius 1 is 1.38 bits per heavy atom. The van der Waals surface area contributed by atoms with Crippen molar-refractivity contribution in [3.05, 3.63) is 23.8 Å². The second-order valence-corrected chi connectivity index (χ2v) is 5.79. The number of carbonyl (C=O) groups excluding carboxylic acids is 2. The largest absolute Gasteiger partial charge is 0.491 e. The number of benzene rings is 1. The molecule has 0 bridgehead atoms. The van der Waals surface area contributed by atoms with Crippen LogP contribution in [0.1, 0.15) is 24.8 Å². The van der Waals surface area contributed by atoms with Crippen LogP contribution in [0.4, 0.5) is 5.69 Å². The highest BCUT2D eigenvalue weighted by Crippen LogP contribution is 2.30. The summed E-state index contributed by atoms with van der Waals surface area (Å²) >= 11 is 0. The molecule has 1 unspecified atom stereocenters. The molecule has 2 heterocycles. The fourth-order valence-corrected chi connectivity index (χ4v) is 2.83. The first-order chi connectivity index (χ1) is 10.1. The molecular weight excluding hydrogens is 268 g/mol. The molecule has 0 spiro atoms. The Hall–Kier alpha value is -2.04. The molecule has 1 fully saturated rings. The van der Waals surface area contributed by atoms with Crippen LogP contribution >= 0.6 is 0 Å². The molecular formula is C16H20N2O3. The lowest BCUT2D eigenvalue weighted by atomic mass is 10.0. The summed E-state index contributed by atoms with van der Waals surface area (Å²) in [5.41, 5.74) is 1.75. The van der Waals surface area contributed by atoms with Crippen LogP contribution in [0.15, 0.2) is 18.2 Å². The van der Waals surface area contributed by atoms with Gasteiger partial charge >= 0.3 is 0 Å². The number of nitrogens with one attached hydrogen (secondary N) is 1. The van der Waals surface area contributed by atoms with Crippen LogP contribution in [0.5, 0.6) is 5.75 Å². The topological polar surface area (TPSA) is 58.6 Å². The molecule has 2 aliphatic heterocycles. The number of likely N-dealkylation sites (tertiary alicyclic amines) is 1. The summed E-state index contributed by atoms with van der Waals surface area (Å²) in [5, 5.41) is 2.87. The lowest BCUT2D eigenvalue weighted by Gasteiger charge is -2.18. The average molecular weight is 288 g/mol. The maximum absolute atomic E-state index is 12.3. The summed E-state index contributed by atoms with van der Waals surface area (Å²) in [6.07, 6.45) is 2.34. The molecule has 0 radical (unpaired) electrons. The van der Waals surface area contributed by atoms with E-state index in [0.717, 1.165) is 31.5 Å². The Balaban J connectivity index is 1.69. The van der Waals surface area contributed by atoms with Crippen LogP contribution in [0, 0.1) is 12.8 Å². The molecule has 0 aliphatic carbocycles. The molecule has 1 saturated heterocycles. The van der Waals surface area contributed by atoms with Gasteiger partial charge in [-0.3, -0.25) is 9.59 Å². The van der Waals surface area contributed by atoms with E-state index in [4.69, 9.17) is 4.74 Å². The summed E-state index contributed by atoms with van der Waals surface area (Å²) in [7, 11) is 0. The van der Waals surface area contributed by atoms with Crippen LogP contribution in [-0.4, -0.2) is 36.4 Å². The van der Waals surface area contributed by atoms with Crippen molar-refractivity contribution >= 4 is 17.5 Å². The molecule has 3 rings (SSSR count). The van der Waals surface area contributed by atoms with Gasteiger partial charge in [-0.2, -0.15) is 0 Å². The zero-order chi connectivity index (χ0) is 14.8. The summed E-state index contributed by atoms with van der Waals surface area (Å²) < 4.78 is 5.70. The summed E-state index contributed by atoms with van der Waals surface area (Å²) in [6, 6.07) is 5.69. The smallest absolute Gasteiger partial charge is 0.231 e. The van der Waals surface area contributed by atoms with Gasteiger partial charge in [-0.15, -0.1) is 0 Å². The minimum absolute atomic E-state index is 0.0541. The van der Waals surface area contributed by atoms with E-state index in [1.54, 1.807) is 0 Å². The highest BCUT2D eigenvalue weighted by molar-refractivity contribution is 5.97. The van der Waals surface area contributed by atoms with Crippen molar-refractivity contribution in [3.63, 3.8) is 0 Å². The molecule has 5 heteroatoms. The summed E-state index contributed by atoms with van der Waals surface area (Å²) in [4.78, 5) is 26.3. The number of fused-ring (bicyclic) bond motifs is 1. The van der Waals surface area contributed by atoms with Gasteiger partial charge < -0.3 is 15.0 Å². The van der Waals surface area contributed by atoms with E-state index in [9.17, 15) is 9.59 Å². The number of anilines is 1. The number of nitrogens with zero attached hydrogens (tertiary/aromatic N) is 1. The minimum Gasteiger partial charge on any atom is -0.491 e. The van der Waals surface area contributed by atoms with Gasteiger partial charge in [0.25, 0.3) is 0 Å². The Labute approximate surface area is 124 Å².